The summed E-state index contributed by atoms with van der Waals surface area (Å²) in [6, 6.07) is 32.1. The van der Waals surface area contributed by atoms with Crippen LogP contribution in [0.2, 0.25) is 0 Å². The van der Waals surface area contributed by atoms with Gasteiger partial charge in [-0.25, -0.2) is 9.38 Å². The summed E-state index contributed by atoms with van der Waals surface area (Å²) in [4.78, 5) is 5.04. The Morgan fingerprint density at radius 1 is 0.781 bits per heavy atom. The lowest BCUT2D eigenvalue weighted by Gasteiger charge is -2.10. The van der Waals surface area contributed by atoms with Crippen LogP contribution in [-0.2, 0) is 6.61 Å². The predicted octanol–water partition coefficient (Wildman–Crippen LogP) is 7.32. The quantitative estimate of drug-likeness (QED) is 0.269. The van der Waals surface area contributed by atoms with Crippen LogP contribution >= 0.6 is 0 Å². The molecule has 0 saturated heterocycles. The largest absolute Gasteiger partial charge is 0.489 e. The molecule has 156 valence electrons. The van der Waals surface area contributed by atoms with Crippen molar-refractivity contribution in [2.45, 2.75) is 6.61 Å². The topological polar surface area (TPSA) is 34.7 Å². The van der Waals surface area contributed by atoms with E-state index in [-0.39, 0.29) is 5.82 Å². The minimum absolute atomic E-state index is 0.291. The van der Waals surface area contributed by atoms with Crippen LogP contribution in [-0.4, -0.2) is 5.71 Å². The van der Waals surface area contributed by atoms with Crippen molar-refractivity contribution in [3.8, 4) is 5.75 Å². The number of rotatable bonds is 6. The second kappa shape index (κ2) is 8.90. The maximum Gasteiger partial charge on any atom is 0.159 e. The molecule has 0 aliphatic heterocycles. The van der Waals surface area contributed by atoms with Crippen LogP contribution in [0.15, 0.2) is 119 Å². The smallest absolute Gasteiger partial charge is 0.159 e. The van der Waals surface area contributed by atoms with E-state index in [4.69, 9.17) is 14.1 Å². The second-order valence-electron chi connectivity index (χ2n) is 7.39. The van der Waals surface area contributed by atoms with E-state index < -0.39 is 0 Å². The number of aliphatic imine (C=N–C) groups is 1. The molecule has 4 aromatic carbocycles. The standard InChI is InChI=1S/C28H20FNO2/c29-24-12-7-13-25(18-24)32-19-20-16-23-14-15-31-28(23)26(17-20)30-27(21-8-3-1-4-9-21)22-10-5-2-6-11-22/h1-18H,19H2. The molecule has 0 radical (unpaired) electrons. The third-order valence-electron chi connectivity index (χ3n) is 5.12. The molecule has 1 aromatic heterocycles. The summed E-state index contributed by atoms with van der Waals surface area (Å²) in [5.74, 6) is 0.157. The van der Waals surface area contributed by atoms with Gasteiger partial charge in [0.05, 0.1) is 12.0 Å². The van der Waals surface area contributed by atoms with Crippen LogP contribution in [0, 0.1) is 5.82 Å². The SMILES string of the molecule is Fc1cccc(OCc2cc(N=C(c3ccccc3)c3ccccc3)c3occc3c2)c1. The molecule has 0 spiro atoms. The first kappa shape index (κ1) is 19.8. The summed E-state index contributed by atoms with van der Waals surface area (Å²) in [5.41, 5.74) is 5.23. The average Bonchev–Trinajstić information content (AvgIpc) is 3.31. The fourth-order valence-electron chi connectivity index (χ4n) is 3.62. The van der Waals surface area contributed by atoms with E-state index >= 15 is 0 Å². The zero-order valence-corrected chi connectivity index (χ0v) is 17.2. The zero-order chi connectivity index (χ0) is 21.8. The monoisotopic (exact) mass is 421 g/mol. The van der Waals surface area contributed by atoms with Gasteiger partial charge in [0.25, 0.3) is 0 Å². The molecular formula is C28H20FNO2. The number of nitrogens with zero attached hydrogens (tertiary/aromatic N) is 1. The summed E-state index contributed by atoms with van der Waals surface area (Å²) in [6.45, 7) is 0.291. The first-order valence-corrected chi connectivity index (χ1v) is 10.3. The minimum Gasteiger partial charge on any atom is -0.489 e. The Labute approximate surface area is 185 Å². The highest BCUT2D eigenvalue weighted by atomic mass is 19.1. The van der Waals surface area contributed by atoms with E-state index in [0.29, 0.717) is 23.6 Å². The number of furan rings is 1. The van der Waals surface area contributed by atoms with E-state index in [1.807, 2.05) is 78.9 Å². The highest BCUT2D eigenvalue weighted by Gasteiger charge is 2.12. The average molecular weight is 421 g/mol. The molecule has 0 N–H and O–H groups in total. The lowest BCUT2D eigenvalue weighted by Crippen LogP contribution is -2.03. The van der Waals surface area contributed by atoms with Gasteiger partial charge in [-0.15, -0.1) is 0 Å². The van der Waals surface area contributed by atoms with Gasteiger partial charge in [0.15, 0.2) is 5.58 Å². The highest BCUT2D eigenvalue weighted by Crippen LogP contribution is 2.31. The molecule has 3 nitrogen and oxygen atoms in total. The minimum atomic E-state index is -0.326. The second-order valence-corrected chi connectivity index (χ2v) is 7.39. The number of hydrogen-bond acceptors (Lipinski definition) is 3. The van der Waals surface area contributed by atoms with Gasteiger partial charge in [0.1, 0.15) is 23.9 Å². The maximum absolute atomic E-state index is 13.5. The van der Waals surface area contributed by atoms with Gasteiger partial charge < -0.3 is 9.15 Å². The Bertz CT molecular complexity index is 1330. The molecule has 0 aliphatic carbocycles. The Kier molecular flexibility index (Phi) is 5.50. The number of benzene rings is 4. The molecular weight excluding hydrogens is 401 g/mol. The van der Waals surface area contributed by atoms with Gasteiger partial charge in [-0.3, -0.25) is 0 Å². The molecule has 0 saturated carbocycles. The van der Waals surface area contributed by atoms with E-state index in [1.54, 1.807) is 18.4 Å². The van der Waals surface area contributed by atoms with Crippen LogP contribution in [0.5, 0.6) is 5.75 Å². The molecule has 0 fully saturated rings. The summed E-state index contributed by atoms with van der Waals surface area (Å²) < 4.78 is 25.0. The van der Waals surface area contributed by atoms with Gasteiger partial charge in [0, 0.05) is 22.6 Å². The van der Waals surface area contributed by atoms with Crippen molar-refractivity contribution in [2.75, 3.05) is 0 Å². The van der Waals surface area contributed by atoms with Crippen molar-refractivity contribution in [1.29, 1.82) is 0 Å². The lowest BCUT2D eigenvalue weighted by molar-refractivity contribution is 0.305. The van der Waals surface area contributed by atoms with Crippen molar-refractivity contribution >= 4 is 22.4 Å². The summed E-state index contributed by atoms with van der Waals surface area (Å²) in [7, 11) is 0. The fourth-order valence-corrected chi connectivity index (χ4v) is 3.62. The molecule has 0 amide bonds. The Balaban J connectivity index is 1.57. The highest BCUT2D eigenvalue weighted by molar-refractivity contribution is 6.14. The van der Waals surface area contributed by atoms with Crippen LogP contribution in [0.25, 0.3) is 11.0 Å². The van der Waals surface area contributed by atoms with Crippen LogP contribution in [0.4, 0.5) is 10.1 Å². The Morgan fingerprint density at radius 2 is 1.50 bits per heavy atom. The molecule has 0 bridgehead atoms. The van der Waals surface area contributed by atoms with Crippen LogP contribution < -0.4 is 4.74 Å². The fraction of sp³-hybridized carbons (Fsp3) is 0.0357. The van der Waals surface area contributed by atoms with E-state index in [0.717, 1.165) is 27.8 Å². The van der Waals surface area contributed by atoms with Crippen LogP contribution in [0.1, 0.15) is 16.7 Å². The zero-order valence-electron chi connectivity index (χ0n) is 17.2. The number of hydrogen-bond donors (Lipinski definition) is 0. The number of ether oxygens (including phenoxy) is 1. The molecule has 0 unspecified atom stereocenters. The van der Waals surface area contributed by atoms with Crippen molar-refractivity contribution in [3.63, 3.8) is 0 Å². The third-order valence-corrected chi connectivity index (χ3v) is 5.12. The summed E-state index contributed by atoms with van der Waals surface area (Å²) >= 11 is 0. The molecule has 0 atom stereocenters. The van der Waals surface area contributed by atoms with Crippen molar-refractivity contribution in [1.82, 2.24) is 0 Å². The van der Waals surface area contributed by atoms with Crippen LogP contribution in [0.3, 0.4) is 0 Å². The van der Waals surface area contributed by atoms with Gasteiger partial charge >= 0.3 is 0 Å². The van der Waals surface area contributed by atoms with E-state index in [2.05, 4.69) is 0 Å². The Hall–Kier alpha value is -4.18. The van der Waals surface area contributed by atoms with Crippen molar-refractivity contribution < 1.29 is 13.5 Å². The first-order valence-electron chi connectivity index (χ1n) is 10.3. The van der Waals surface area contributed by atoms with Crippen molar-refractivity contribution in [3.05, 3.63) is 132 Å². The molecule has 5 rings (SSSR count). The summed E-state index contributed by atoms with van der Waals surface area (Å²) in [5, 5.41) is 0.935. The van der Waals surface area contributed by atoms with Gasteiger partial charge in [-0.05, 0) is 35.9 Å². The third kappa shape index (κ3) is 4.30. The number of halogens is 1. The van der Waals surface area contributed by atoms with E-state index in [1.165, 1.54) is 12.1 Å². The lowest BCUT2D eigenvalue weighted by atomic mass is 10.0. The van der Waals surface area contributed by atoms with Gasteiger partial charge in [0.2, 0.25) is 0 Å². The normalized spacial score (nSPS) is 10.8. The first-order chi connectivity index (χ1) is 15.8. The number of fused-ring (bicyclic) bond motifs is 1. The Morgan fingerprint density at radius 3 is 2.19 bits per heavy atom. The predicted molar refractivity (Wildman–Crippen MR) is 125 cm³/mol. The molecule has 5 aromatic rings. The van der Waals surface area contributed by atoms with Gasteiger partial charge in [-0.2, -0.15) is 0 Å². The molecule has 32 heavy (non-hydrogen) atoms. The van der Waals surface area contributed by atoms with E-state index in [9.17, 15) is 4.39 Å². The molecule has 1 heterocycles. The molecule has 4 heteroatoms. The van der Waals surface area contributed by atoms with Crippen molar-refractivity contribution in [2.24, 2.45) is 4.99 Å². The maximum atomic E-state index is 13.5. The summed E-state index contributed by atoms with van der Waals surface area (Å²) in [6.07, 6.45) is 1.66. The molecule has 0 aliphatic rings. The van der Waals surface area contributed by atoms with Gasteiger partial charge in [-0.1, -0.05) is 66.7 Å².